The zero-order valence-corrected chi connectivity index (χ0v) is 10.5. The lowest BCUT2D eigenvalue weighted by Crippen LogP contribution is -2.01. The highest BCUT2D eigenvalue weighted by atomic mass is 19.1. The second kappa shape index (κ2) is 5.36. The molecule has 2 aromatic carbocycles. The molecule has 0 amide bonds. The molecule has 0 bridgehead atoms. The fraction of sp³-hybridized carbons (Fsp3) is 0.0625. The first-order valence-electron chi connectivity index (χ1n) is 5.85. The van der Waals surface area contributed by atoms with Gasteiger partial charge in [-0.3, -0.25) is 0 Å². The zero-order chi connectivity index (χ0) is 13.8. The fourth-order valence-corrected chi connectivity index (χ4v) is 1.79. The van der Waals surface area contributed by atoms with E-state index in [1.54, 1.807) is 31.2 Å². The van der Waals surface area contributed by atoms with Crippen LogP contribution in [0.5, 0.6) is 0 Å². The Morgan fingerprint density at radius 3 is 2.37 bits per heavy atom. The topological polar surface area (TPSA) is 49.8 Å². The molecule has 2 N–H and O–H groups in total. The summed E-state index contributed by atoms with van der Waals surface area (Å²) >= 11 is 0. The molecule has 0 aromatic heterocycles. The van der Waals surface area contributed by atoms with Gasteiger partial charge in [0, 0.05) is 5.56 Å². The lowest BCUT2D eigenvalue weighted by molar-refractivity contribution is 0.618. The Labute approximate surface area is 111 Å². The minimum absolute atomic E-state index is 0.285. The zero-order valence-electron chi connectivity index (χ0n) is 10.5. The van der Waals surface area contributed by atoms with Crippen molar-refractivity contribution in [1.82, 2.24) is 0 Å². The highest BCUT2D eigenvalue weighted by Crippen LogP contribution is 2.23. The molecule has 3 heteroatoms. The van der Waals surface area contributed by atoms with E-state index in [1.165, 1.54) is 6.07 Å². The lowest BCUT2D eigenvalue weighted by Gasteiger charge is -2.07. The van der Waals surface area contributed by atoms with Gasteiger partial charge in [0.15, 0.2) is 0 Å². The third-order valence-corrected chi connectivity index (χ3v) is 2.93. The molecule has 0 aliphatic rings. The van der Waals surface area contributed by atoms with E-state index in [0.29, 0.717) is 16.7 Å². The van der Waals surface area contributed by atoms with Gasteiger partial charge < -0.3 is 5.73 Å². The standard InChI is InChI=1S/C16H13FN2/c1-11-7-8-13(9-15(11)17)16(19)14(10-18)12-5-3-2-4-6-12/h2-9H,19H2,1H3/b16-14+. The number of aryl methyl sites for hydroxylation is 1. The van der Waals surface area contributed by atoms with Crippen LogP contribution in [0.15, 0.2) is 48.5 Å². The van der Waals surface area contributed by atoms with Crippen molar-refractivity contribution in [3.8, 4) is 6.07 Å². The molecular weight excluding hydrogens is 239 g/mol. The second-order valence-corrected chi connectivity index (χ2v) is 4.23. The molecule has 0 aliphatic carbocycles. The molecule has 0 heterocycles. The first-order valence-corrected chi connectivity index (χ1v) is 5.85. The Morgan fingerprint density at radius 1 is 1.11 bits per heavy atom. The van der Waals surface area contributed by atoms with E-state index in [0.717, 1.165) is 5.56 Å². The number of rotatable bonds is 2. The third kappa shape index (κ3) is 2.63. The molecule has 0 fully saturated rings. The van der Waals surface area contributed by atoms with E-state index in [9.17, 15) is 9.65 Å². The van der Waals surface area contributed by atoms with Crippen molar-refractivity contribution < 1.29 is 4.39 Å². The molecule has 0 radical (unpaired) electrons. The van der Waals surface area contributed by atoms with Gasteiger partial charge >= 0.3 is 0 Å². The molecular formula is C16H13FN2. The summed E-state index contributed by atoms with van der Waals surface area (Å²) < 4.78 is 13.5. The normalized spacial score (nSPS) is 11.6. The first kappa shape index (κ1) is 12.8. The molecule has 0 aliphatic heterocycles. The lowest BCUT2D eigenvalue weighted by atomic mass is 10.00. The van der Waals surface area contributed by atoms with E-state index in [1.807, 2.05) is 18.2 Å². The summed E-state index contributed by atoms with van der Waals surface area (Å²) in [5, 5.41) is 9.25. The van der Waals surface area contributed by atoms with Crippen LogP contribution in [0.1, 0.15) is 16.7 Å². The number of hydrogen-bond acceptors (Lipinski definition) is 2. The average molecular weight is 252 g/mol. The van der Waals surface area contributed by atoms with Crippen LogP contribution in [0.3, 0.4) is 0 Å². The van der Waals surface area contributed by atoms with Gasteiger partial charge in [-0.25, -0.2) is 4.39 Å². The maximum absolute atomic E-state index is 13.5. The van der Waals surface area contributed by atoms with Gasteiger partial charge in [0.25, 0.3) is 0 Å². The summed E-state index contributed by atoms with van der Waals surface area (Å²) in [5.41, 5.74) is 8.42. The van der Waals surface area contributed by atoms with Crippen molar-refractivity contribution in [3.05, 3.63) is 71.0 Å². The molecule has 0 unspecified atom stereocenters. The van der Waals surface area contributed by atoms with Gasteiger partial charge in [-0.15, -0.1) is 0 Å². The van der Waals surface area contributed by atoms with Crippen LogP contribution in [-0.4, -0.2) is 0 Å². The Morgan fingerprint density at radius 2 is 1.79 bits per heavy atom. The maximum Gasteiger partial charge on any atom is 0.126 e. The molecule has 0 saturated carbocycles. The number of hydrogen-bond donors (Lipinski definition) is 1. The third-order valence-electron chi connectivity index (χ3n) is 2.93. The number of nitriles is 1. The summed E-state index contributed by atoms with van der Waals surface area (Å²) in [6.45, 7) is 1.68. The van der Waals surface area contributed by atoms with Crippen LogP contribution < -0.4 is 5.73 Å². The van der Waals surface area contributed by atoms with Crippen molar-refractivity contribution in [1.29, 1.82) is 5.26 Å². The van der Waals surface area contributed by atoms with Gasteiger partial charge in [0.2, 0.25) is 0 Å². The quantitative estimate of drug-likeness (QED) is 0.657. The smallest absolute Gasteiger partial charge is 0.126 e. The minimum Gasteiger partial charge on any atom is -0.397 e. The molecule has 0 saturated heterocycles. The molecule has 0 spiro atoms. The molecule has 94 valence electrons. The number of halogens is 1. The van der Waals surface area contributed by atoms with E-state index >= 15 is 0 Å². The van der Waals surface area contributed by atoms with Crippen molar-refractivity contribution in [2.75, 3.05) is 0 Å². The number of benzene rings is 2. The molecule has 2 aromatic rings. The number of nitrogens with zero attached hydrogens (tertiary/aromatic N) is 1. The van der Waals surface area contributed by atoms with Crippen LogP contribution in [0.2, 0.25) is 0 Å². The highest BCUT2D eigenvalue weighted by molar-refractivity contribution is 5.95. The Kier molecular flexibility index (Phi) is 3.63. The van der Waals surface area contributed by atoms with E-state index < -0.39 is 0 Å². The number of nitrogens with two attached hydrogens (primary N) is 1. The minimum atomic E-state index is -0.328. The van der Waals surface area contributed by atoms with Crippen molar-refractivity contribution in [3.63, 3.8) is 0 Å². The van der Waals surface area contributed by atoms with Gasteiger partial charge in [-0.1, -0.05) is 42.5 Å². The molecule has 0 atom stereocenters. The van der Waals surface area contributed by atoms with Crippen LogP contribution in [0.4, 0.5) is 4.39 Å². The monoisotopic (exact) mass is 252 g/mol. The van der Waals surface area contributed by atoms with Crippen LogP contribution in [-0.2, 0) is 0 Å². The summed E-state index contributed by atoms with van der Waals surface area (Å²) in [6, 6.07) is 15.9. The second-order valence-electron chi connectivity index (χ2n) is 4.23. The van der Waals surface area contributed by atoms with Crippen molar-refractivity contribution in [2.24, 2.45) is 5.73 Å². The van der Waals surface area contributed by atoms with Crippen LogP contribution in [0, 0.1) is 24.1 Å². The summed E-state index contributed by atoms with van der Waals surface area (Å²) in [6.07, 6.45) is 0. The van der Waals surface area contributed by atoms with Crippen LogP contribution >= 0.6 is 0 Å². The van der Waals surface area contributed by atoms with Gasteiger partial charge in [-0.05, 0) is 24.1 Å². The molecule has 2 nitrogen and oxygen atoms in total. The fourth-order valence-electron chi connectivity index (χ4n) is 1.79. The van der Waals surface area contributed by atoms with E-state index in [4.69, 9.17) is 5.73 Å². The largest absolute Gasteiger partial charge is 0.397 e. The average Bonchev–Trinajstić information content (AvgIpc) is 2.44. The highest BCUT2D eigenvalue weighted by Gasteiger charge is 2.09. The molecule has 2 rings (SSSR count). The van der Waals surface area contributed by atoms with Crippen LogP contribution in [0.25, 0.3) is 11.3 Å². The molecule has 19 heavy (non-hydrogen) atoms. The Balaban J connectivity index is 2.56. The summed E-state index contributed by atoms with van der Waals surface area (Å²) in [4.78, 5) is 0. The Hall–Kier alpha value is -2.60. The number of allylic oxidation sites excluding steroid dienone is 1. The van der Waals surface area contributed by atoms with E-state index in [2.05, 4.69) is 6.07 Å². The first-order chi connectivity index (χ1) is 9.13. The van der Waals surface area contributed by atoms with Gasteiger partial charge in [-0.2, -0.15) is 5.26 Å². The maximum atomic E-state index is 13.5. The predicted octanol–water partition coefficient (Wildman–Crippen LogP) is 3.48. The van der Waals surface area contributed by atoms with Gasteiger partial charge in [0.1, 0.15) is 11.9 Å². The van der Waals surface area contributed by atoms with Crippen molar-refractivity contribution in [2.45, 2.75) is 6.92 Å². The van der Waals surface area contributed by atoms with E-state index in [-0.39, 0.29) is 11.5 Å². The summed E-state index contributed by atoms with van der Waals surface area (Å²) in [7, 11) is 0. The van der Waals surface area contributed by atoms with Gasteiger partial charge in [0.05, 0.1) is 11.3 Å². The SMILES string of the molecule is Cc1ccc(/C(N)=C(/C#N)c2ccccc2)cc1F. The predicted molar refractivity (Wildman–Crippen MR) is 74.2 cm³/mol. The summed E-state index contributed by atoms with van der Waals surface area (Å²) in [5.74, 6) is -0.328. The van der Waals surface area contributed by atoms with Crippen molar-refractivity contribution >= 4 is 11.3 Å². The Bertz CT molecular complexity index is 667.